The fourth-order valence-electron chi connectivity index (χ4n) is 2.63. The lowest BCUT2D eigenvalue weighted by atomic mass is 9.87. The second kappa shape index (κ2) is 6.69. The standard InChI is InChI=1S/C15H23O3P/c1-13-7-9-15(10-8-13)19(16,17)18-12-11-14-5-3-2-4-6-14/h7-10,14H,2-6,11-12H2,1H3,(H,16,17). The van der Waals surface area contributed by atoms with Gasteiger partial charge in [0, 0.05) is 0 Å². The van der Waals surface area contributed by atoms with Crippen molar-refractivity contribution < 1.29 is 14.0 Å². The first-order chi connectivity index (χ1) is 9.08. The smallest absolute Gasteiger partial charge is 0.321 e. The Labute approximate surface area is 115 Å². The molecule has 0 heterocycles. The largest absolute Gasteiger partial charge is 0.358 e. The summed E-state index contributed by atoms with van der Waals surface area (Å²) < 4.78 is 17.4. The summed E-state index contributed by atoms with van der Waals surface area (Å²) in [4.78, 5) is 9.94. The number of benzene rings is 1. The summed E-state index contributed by atoms with van der Waals surface area (Å²) in [5.41, 5.74) is 1.07. The van der Waals surface area contributed by atoms with Gasteiger partial charge < -0.3 is 9.42 Å². The van der Waals surface area contributed by atoms with E-state index in [1.54, 1.807) is 12.1 Å². The summed E-state index contributed by atoms with van der Waals surface area (Å²) in [7, 11) is -3.63. The van der Waals surface area contributed by atoms with Crippen LogP contribution in [0.15, 0.2) is 24.3 Å². The van der Waals surface area contributed by atoms with Crippen LogP contribution in [0.1, 0.15) is 44.1 Å². The third kappa shape index (κ3) is 4.45. The maximum absolute atomic E-state index is 12.1. The Hall–Kier alpha value is -0.630. The van der Waals surface area contributed by atoms with Gasteiger partial charge in [0.15, 0.2) is 0 Å². The van der Waals surface area contributed by atoms with Crippen molar-refractivity contribution >= 4 is 12.9 Å². The molecule has 1 aromatic carbocycles. The molecule has 1 unspecified atom stereocenters. The molecule has 19 heavy (non-hydrogen) atoms. The summed E-state index contributed by atoms with van der Waals surface area (Å²) >= 11 is 0. The van der Waals surface area contributed by atoms with Crippen molar-refractivity contribution in [3.05, 3.63) is 29.8 Å². The van der Waals surface area contributed by atoms with Crippen LogP contribution in [0.25, 0.3) is 0 Å². The van der Waals surface area contributed by atoms with Gasteiger partial charge in [-0.1, -0.05) is 49.8 Å². The first-order valence-electron chi connectivity index (χ1n) is 7.12. The van der Waals surface area contributed by atoms with E-state index in [4.69, 9.17) is 4.52 Å². The van der Waals surface area contributed by atoms with E-state index in [2.05, 4.69) is 0 Å². The summed E-state index contributed by atoms with van der Waals surface area (Å²) in [6.45, 7) is 2.34. The van der Waals surface area contributed by atoms with E-state index in [0.717, 1.165) is 12.0 Å². The molecule has 1 N–H and O–H groups in total. The van der Waals surface area contributed by atoms with Crippen LogP contribution in [0.3, 0.4) is 0 Å². The SMILES string of the molecule is Cc1ccc(P(=O)(O)OCCC2CCCCC2)cc1. The van der Waals surface area contributed by atoms with Crippen LogP contribution in [0.2, 0.25) is 0 Å². The number of rotatable bonds is 5. The van der Waals surface area contributed by atoms with Crippen LogP contribution in [0.4, 0.5) is 0 Å². The molecule has 1 saturated carbocycles. The van der Waals surface area contributed by atoms with E-state index in [1.807, 2.05) is 19.1 Å². The highest BCUT2D eigenvalue weighted by Crippen LogP contribution is 2.41. The summed E-state index contributed by atoms with van der Waals surface area (Å²) in [5, 5.41) is 0.391. The zero-order chi connectivity index (χ0) is 13.7. The maximum atomic E-state index is 12.1. The van der Waals surface area contributed by atoms with Gasteiger partial charge in [-0.15, -0.1) is 0 Å². The summed E-state index contributed by atoms with van der Waals surface area (Å²) in [5.74, 6) is 0.673. The molecule has 4 heteroatoms. The molecule has 0 bridgehead atoms. The van der Waals surface area contributed by atoms with Gasteiger partial charge in [-0.3, -0.25) is 4.57 Å². The minimum absolute atomic E-state index is 0.381. The van der Waals surface area contributed by atoms with Crippen LogP contribution in [-0.2, 0) is 9.09 Å². The Morgan fingerprint density at radius 3 is 2.47 bits per heavy atom. The van der Waals surface area contributed by atoms with Gasteiger partial charge in [0.1, 0.15) is 0 Å². The van der Waals surface area contributed by atoms with Crippen LogP contribution >= 0.6 is 7.60 Å². The normalized spacial score (nSPS) is 20.1. The number of aryl methyl sites for hydroxylation is 1. The first kappa shape index (κ1) is 14.8. The Morgan fingerprint density at radius 2 is 1.84 bits per heavy atom. The molecule has 0 saturated heterocycles. The fourth-order valence-corrected chi connectivity index (χ4v) is 3.65. The highest BCUT2D eigenvalue weighted by atomic mass is 31.2. The predicted molar refractivity (Wildman–Crippen MR) is 77.8 cm³/mol. The highest BCUT2D eigenvalue weighted by Gasteiger charge is 2.23. The van der Waals surface area contributed by atoms with Crippen molar-refractivity contribution in [1.82, 2.24) is 0 Å². The lowest BCUT2D eigenvalue weighted by Gasteiger charge is -2.22. The van der Waals surface area contributed by atoms with E-state index in [9.17, 15) is 9.46 Å². The second-order valence-corrected chi connectivity index (χ2v) is 7.30. The van der Waals surface area contributed by atoms with Crippen LogP contribution in [0, 0.1) is 12.8 Å². The van der Waals surface area contributed by atoms with Gasteiger partial charge in [0.05, 0.1) is 11.9 Å². The molecule has 106 valence electrons. The van der Waals surface area contributed by atoms with Crippen molar-refractivity contribution in [1.29, 1.82) is 0 Å². The van der Waals surface area contributed by atoms with Gasteiger partial charge in [-0.25, -0.2) is 0 Å². The van der Waals surface area contributed by atoms with Crippen molar-refractivity contribution in [3.63, 3.8) is 0 Å². The zero-order valence-corrected chi connectivity index (χ0v) is 12.4. The van der Waals surface area contributed by atoms with Crippen molar-refractivity contribution in [3.8, 4) is 0 Å². The molecule has 0 radical (unpaired) electrons. The van der Waals surface area contributed by atoms with Crippen LogP contribution in [-0.4, -0.2) is 11.5 Å². The van der Waals surface area contributed by atoms with E-state index in [1.165, 1.54) is 32.1 Å². The minimum atomic E-state index is -3.63. The van der Waals surface area contributed by atoms with E-state index in [0.29, 0.717) is 17.8 Å². The Bertz CT molecular complexity index is 435. The number of hydrogen-bond donors (Lipinski definition) is 1. The van der Waals surface area contributed by atoms with Gasteiger partial charge >= 0.3 is 7.60 Å². The molecule has 0 aliphatic heterocycles. The molecule has 1 aromatic rings. The Morgan fingerprint density at radius 1 is 1.21 bits per heavy atom. The quantitative estimate of drug-likeness (QED) is 0.836. The number of hydrogen-bond acceptors (Lipinski definition) is 2. The molecule has 2 rings (SSSR count). The molecular formula is C15H23O3P. The third-order valence-corrected chi connectivity index (χ3v) is 5.36. The van der Waals surface area contributed by atoms with Gasteiger partial charge in [-0.2, -0.15) is 0 Å². The molecular weight excluding hydrogens is 259 g/mol. The predicted octanol–water partition coefficient (Wildman–Crippen LogP) is 3.79. The van der Waals surface area contributed by atoms with E-state index in [-0.39, 0.29) is 0 Å². The molecule has 1 aliphatic rings. The maximum Gasteiger partial charge on any atom is 0.358 e. The molecule has 1 fully saturated rings. The topological polar surface area (TPSA) is 46.5 Å². The zero-order valence-electron chi connectivity index (χ0n) is 11.5. The van der Waals surface area contributed by atoms with E-state index < -0.39 is 7.60 Å². The second-order valence-electron chi connectivity index (χ2n) is 5.48. The molecule has 0 spiro atoms. The first-order valence-corrected chi connectivity index (χ1v) is 8.70. The Kier molecular flexibility index (Phi) is 5.20. The van der Waals surface area contributed by atoms with Crippen molar-refractivity contribution in [2.24, 2.45) is 5.92 Å². The van der Waals surface area contributed by atoms with Crippen molar-refractivity contribution in [2.45, 2.75) is 45.4 Å². The summed E-state index contributed by atoms with van der Waals surface area (Å²) in [6.07, 6.45) is 7.29. The van der Waals surface area contributed by atoms with Gasteiger partial charge in [-0.05, 0) is 31.4 Å². The lowest BCUT2D eigenvalue weighted by molar-refractivity contribution is 0.225. The highest BCUT2D eigenvalue weighted by molar-refractivity contribution is 7.61. The molecule has 0 aromatic heterocycles. The average Bonchev–Trinajstić information content (AvgIpc) is 2.40. The molecule has 1 atom stereocenters. The molecule has 0 amide bonds. The monoisotopic (exact) mass is 282 g/mol. The average molecular weight is 282 g/mol. The molecule has 3 nitrogen and oxygen atoms in total. The summed E-state index contributed by atoms with van der Waals surface area (Å²) in [6, 6.07) is 7.03. The molecule has 1 aliphatic carbocycles. The Balaban J connectivity index is 1.83. The third-order valence-electron chi connectivity index (χ3n) is 3.88. The van der Waals surface area contributed by atoms with Gasteiger partial charge in [0.2, 0.25) is 0 Å². The minimum Gasteiger partial charge on any atom is -0.321 e. The fraction of sp³-hybridized carbons (Fsp3) is 0.600. The van der Waals surface area contributed by atoms with Gasteiger partial charge in [0.25, 0.3) is 0 Å². The van der Waals surface area contributed by atoms with Crippen LogP contribution in [0.5, 0.6) is 0 Å². The van der Waals surface area contributed by atoms with E-state index >= 15 is 0 Å². The van der Waals surface area contributed by atoms with Crippen LogP contribution < -0.4 is 5.30 Å². The van der Waals surface area contributed by atoms with Crippen molar-refractivity contribution in [2.75, 3.05) is 6.61 Å². The lowest BCUT2D eigenvalue weighted by Crippen LogP contribution is -2.12.